The van der Waals surface area contributed by atoms with Gasteiger partial charge in [0, 0.05) is 0 Å². The molecule has 6 nitrogen and oxygen atoms in total. The van der Waals surface area contributed by atoms with Crippen molar-refractivity contribution in [3.63, 3.8) is 0 Å². The van der Waals surface area contributed by atoms with Crippen LogP contribution >= 0.6 is 0 Å². The molecule has 2 aromatic carbocycles. The SMILES string of the molecule is COc1cccc(C[NH+]2CC[NH+](Cc3cccc(OC)c3OC)CC2)c1OC. The smallest absolute Gasteiger partial charge is 0.169 e. The second-order valence-corrected chi connectivity index (χ2v) is 7.16. The van der Waals surface area contributed by atoms with E-state index in [0.29, 0.717) is 0 Å². The van der Waals surface area contributed by atoms with Crippen molar-refractivity contribution >= 4 is 0 Å². The van der Waals surface area contributed by atoms with E-state index in [1.807, 2.05) is 24.3 Å². The Bertz CT molecular complexity index is 708. The van der Waals surface area contributed by atoms with Crippen LogP contribution in [0.25, 0.3) is 0 Å². The number of para-hydroxylation sites is 2. The summed E-state index contributed by atoms with van der Waals surface area (Å²) in [4.78, 5) is 3.15. The number of hydrogen-bond acceptors (Lipinski definition) is 4. The third-order valence-electron chi connectivity index (χ3n) is 5.51. The highest BCUT2D eigenvalue weighted by Gasteiger charge is 2.26. The first kappa shape index (κ1) is 20.3. The monoisotopic (exact) mass is 388 g/mol. The third kappa shape index (κ3) is 4.51. The Balaban J connectivity index is 1.60. The van der Waals surface area contributed by atoms with Crippen LogP contribution in [0, 0.1) is 0 Å². The second-order valence-electron chi connectivity index (χ2n) is 7.16. The lowest BCUT2D eigenvalue weighted by atomic mass is 10.1. The first-order valence-electron chi connectivity index (χ1n) is 9.77. The maximum Gasteiger partial charge on any atom is 0.169 e. The van der Waals surface area contributed by atoms with Gasteiger partial charge < -0.3 is 28.7 Å². The number of rotatable bonds is 8. The van der Waals surface area contributed by atoms with Crippen LogP contribution in [0.5, 0.6) is 23.0 Å². The summed E-state index contributed by atoms with van der Waals surface area (Å²) in [6, 6.07) is 12.2. The normalized spacial score (nSPS) is 19.1. The molecule has 28 heavy (non-hydrogen) atoms. The second kappa shape index (κ2) is 9.66. The van der Waals surface area contributed by atoms with Gasteiger partial charge in [-0.2, -0.15) is 0 Å². The molecular weight excluding hydrogens is 356 g/mol. The van der Waals surface area contributed by atoms with E-state index in [2.05, 4.69) is 12.1 Å². The summed E-state index contributed by atoms with van der Waals surface area (Å²) in [5.41, 5.74) is 2.41. The van der Waals surface area contributed by atoms with E-state index in [1.165, 1.54) is 11.1 Å². The van der Waals surface area contributed by atoms with Gasteiger partial charge in [-0.3, -0.25) is 0 Å². The third-order valence-corrected chi connectivity index (χ3v) is 5.51. The van der Waals surface area contributed by atoms with E-state index in [9.17, 15) is 0 Å². The van der Waals surface area contributed by atoms with E-state index in [-0.39, 0.29) is 0 Å². The molecule has 2 aromatic rings. The summed E-state index contributed by atoms with van der Waals surface area (Å²) in [6.07, 6.45) is 0. The van der Waals surface area contributed by atoms with E-state index < -0.39 is 0 Å². The van der Waals surface area contributed by atoms with Gasteiger partial charge in [-0.05, 0) is 24.3 Å². The molecule has 1 fully saturated rings. The minimum Gasteiger partial charge on any atom is -0.493 e. The zero-order valence-electron chi connectivity index (χ0n) is 17.3. The molecule has 2 N–H and O–H groups in total. The first-order valence-corrected chi connectivity index (χ1v) is 9.77. The van der Waals surface area contributed by atoms with E-state index in [1.54, 1.807) is 38.2 Å². The highest BCUT2D eigenvalue weighted by Crippen LogP contribution is 2.31. The van der Waals surface area contributed by atoms with Crippen molar-refractivity contribution in [2.45, 2.75) is 13.1 Å². The summed E-state index contributed by atoms with van der Waals surface area (Å²) in [7, 11) is 6.79. The highest BCUT2D eigenvalue weighted by atomic mass is 16.5. The van der Waals surface area contributed by atoms with Crippen molar-refractivity contribution in [2.75, 3.05) is 54.6 Å². The molecule has 1 saturated heterocycles. The number of nitrogens with one attached hydrogen (secondary N) is 2. The number of piperazine rings is 1. The van der Waals surface area contributed by atoms with Gasteiger partial charge in [-0.1, -0.05) is 12.1 Å². The fraction of sp³-hybridized carbons (Fsp3) is 0.455. The van der Waals surface area contributed by atoms with Gasteiger partial charge in [-0.25, -0.2) is 0 Å². The number of hydrogen-bond donors (Lipinski definition) is 2. The van der Waals surface area contributed by atoms with Gasteiger partial charge in [0.25, 0.3) is 0 Å². The van der Waals surface area contributed by atoms with Crippen LogP contribution in [0.2, 0.25) is 0 Å². The summed E-state index contributed by atoms with van der Waals surface area (Å²) in [5.74, 6) is 3.31. The highest BCUT2D eigenvalue weighted by molar-refractivity contribution is 5.46. The Labute approximate surface area is 167 Å². The molecule has 0 aromatic heterocycles. The van der Waals surface area contributed by atoms with E-state index in [4.69, 9.17) is 18.9 Å². The lowest BCUT2D eigenvalue weighted by Gasteiger charge is -2.30. The van der Waals surface area contributed by atoms with E-state index >= 15 is 0 Å². The Morgan fingerprint density at radius 2 is 1.00 bits per heavy atom. The zero-order valence-corrected chi connectivity index (χ0v) is 17.3. The number of methoxy groups -OCH3 is 4. The molecule has 3 rings (SSSR count). The molecule has 0 bridgehead atoms. The average molecular weight is 389 g/mol. The Morgan fingerprint density at radius 1 is 0.607 bits per heavy atom. The molecule has 6 heteroatoms. The summed E-state index contributed by atoms with van der Waals surface area (Å²) in [6.45, 7) is 6.42. The fourth-order valence-electron chi connectivity index (χ4n) is 4.04. The van der Waals surface area contributed by atoms with E-state index in [0.717, 1.165) is 62.3 Å². The van der Waals surface area contributed by atoms with Crippen LogP contribution in [0.15, 0.2) is 36.4 Å². The molecule has 152 valence electrons. The molecule has 1 aliphatic heterocycles. The Morgan fingerprint density at radius 3 is 1.32 bits per heavy atom. The van der Waals surface area contributed by atoms with Gasteiger partial charge in [0.2, 0.25) is 0 Å². The van der Waals surface area contributed by atoms with Crippen LogP contribution < -0.4 is 28.7 Å². The molecule has 0 spiro atoms. The minimum atomic E-state index is 0.800. The number of benzene rings is 2. The lowest BCUT2D eigenvalue weighted by Crippen LogP contribution is -3.27. The van der Waals surface area contributed by atoms with Crippen molar-refractivity contribution < 1.29 is 28.7 Å². The van der Waals surface area contributed by atoms with Gasteiger partial charge in [-0.15, -0.1) is 0 Å². The fourth-order valence-corrected chi connectivity index (χ4v) is 4.04. The van der Waals surface area contributed by atoms with Gasteiger partial charge in [0.05, 0.1) is 39.6 Å². The molecule has 0 unspecified atom stereocenters. The number of quaternary nitrogens is 2. The standard InChI is InChI=1S/C22H30N2O4/c1-25-19-9-5-7-17(21(19)27-3)15-23-11-13-24(14-12-23)16-18-8-6-10-20(26-2)22(18)28-4/h5-10H,11-16H2,1-4H3/p+2. The molecule has 0 aliphatic carbocycles. The Hall–Kier alpha value is -2.44. The molecular formula is C22H32N2O4+2. The minimum absolute atomic E-state index is 0.800. The van der Waals surface area contributed by atoms with Gasteiger partial charge in [0.15, 0.2) is 23.0 Å². The van der Waals surface area contributed by atoms with Crippen LogP contribution in [-0.2, 0) is 13.1 Å². The van der Waals surface area contributed by atoms with Crippen LogP contribution in [-0.4, -0.2) is 54.6 Å². The topological polar surface area (TPSA) is 45.8 Å². The van der Waals surface area contributed by atoms with Gasteiger partial charge >= 0.3 is 0 Å². The lowest BCUT2D eigenvalue weighted by molar-refractivity contribution is -1.02. The summed E-state index contributed by atoms with van der Waals surface area (Å²) >= 11 is 0. The molecule has 0 atom stereocenters. The molecule has 1 heterocycles. The summed E-state index contributed by atoms with van der Waals surface area (Å²) in [5, 5.41) is 0. The first-order chi connectivity index (χ1) is 13.7. The largest absolute Gasteiger partial charge is 0.493 e. The number of ether oxygens (including phenoxy) is 4. The van der Waals surface area contributed by atoms with Crippen molar-refractivity contribution in [3.8, 4) is 23.0 Å². The van der Waals surface area contributed by atoms with Crippen molar-refractivity contribution in [1.82, 2.24) is 0 Å². The molecule has 1 aliphatic rings. The quantitative estimate of drug-likeness (QED) is 0.679. The van der Waals surface area contributed by atoms with Crippen molar-refractivity contribution in [1.29, 1.82) is 0 Å². The molecule has 0 saturated carbocycles. The predicted molar refractivity (Wildman–Crippen MR) is 108 cm³/mol. The van der Waals surface area contributed by atoms with Crippen LogP contribution in [0.3, 0.4) is 0 Å². The van der Waals surface area contributed by atoms with Crippen LogP contribution in [0.1, 0.15) is 11.1 Å². The maximum absolute atomic E-state index is 5.59. The van der Waals surface area contributed by atoms with Crippen molar-refractivity contribution in [2.24, 2.45) is 0 Å². The molecule has 0 amide bonds. The molecule has 0 radical (unpaired) electrons. The van der Waals surface area contributed by atoms with Gasteiger partial charge in [0.1, 0.15) is 39.3 Å². The summed E-state index contributed by atoms with van der Waals surface area (Å²) < 4.78 is 22.0. The zero-order chi connectivity index (χ0) is 19.9. The van der Waals surface area contributed by atoms with Crippen molar-refractivity contribution in [3.05, 3.63) is 47.5 Å². The maximum atomic E-state index is 5.59. The predicted octanol–water partition coefficient (Wildman–Crippen LogP) is 0.205. The van der Waals surface area contributed by atoms with Crippen LogP contribution in [0.4, 0.5) is 0 Å². The Kier molecular flexibility index (Phi) is 7.01. The average Bonchev–Trinajstić information content (AvgIpc) is 2.74.